The Balaban J connectivity index is 2.70. The van der Waals surface area contributed by atoms with Crippen LogP contribution in [-0.2, 0) is 0 Å². The molecule has 0 fully saturated rings. The highest BCUT2D eigenvalue weighted by atomic mass is 19.1. The van der Waals surface area contributed by atoms with E-state index in [1.54, 1.807) is 0 Å². The van der Waals surface area contributed by atoms with E-state index in [0.29, 0.717) is 0 Å². The van der Waals surface area contributed by atoms with E-state index < -0.39 is 6.67 Å². The molecule has 1 rings (SSSR count). The second-order valence-corrected chi connectivity index (χ2v) is 1.82. The molecule has 11 heavy (non-hydrogen) atoms. The van der Waals surface area contributed by atoms with Gasteiger partial charge in [-0.05, 0) is 6.07 Å². The number of alkyl halides is 1. The van der Waals surface area contributed by atoms with Gasteiger partial charge in [0.05, 0.1) is 6.20 Å². The molecule has 0 unspecified atom stereocenters. The first-order valence-corrected chi connectivity index (χ1v) is 3.12. The van der Waals surface area contributed by atoms with Crippen LogP contribution in [0.4, 0.5) is 4.39 Å². The topological polar surface area (TPSA) is 31.2 Å². The molecule has 0 aliphatic rings. The van der Waals surface area contributed by atoms with Crippen molar-refractivity contribution in [1.29, 1.82) is 0 Å². The number of aromatic nitrogens is 1. The summed E-state index contributed by atoms with van der Waals surface area (Å²) in [6, 6.07) is 5.39. The molecule has 1 aromatic rings. The molecule has 0 amide bonds. The molecule has 3 nitrogen and oxygen atoms in total. The maximum absolute atomic E-state index is 11.6. The van der Waals surface area contributed by atoms with Gasteiger partial charge in [-0.2, -0.15) is 4.73 Å². The third-order valence-corrected chi connectivity index (χ3v) is 1.04. The summed E-state index contributed by atoms with van der Waals surface area (Å²) in [6.45, 7) is -0.723. The molecule has 0 spiro atoms. The maximum Gasteiger partial charge on any atom is 0.282 e. The van der Waals surface area contributed by atoms with Crippen LogP contribution in [0.1, 0.15) is 0 Å². The molecule has 0 N–H and O–H groups in total. The Hall–Kier alpha value is -1.32. The van der Waals surface area contributed by atoms with Crippen LogP contribution in [0.5, 0.6) is 0 Å². The van der Waals surface area contributed by atoms with Gasteiger partial charge in [-0.3, -0.25) is 4.79 Å². The van der Waals surface area contributed by atoms with E-state index in [0.717, 1.165) is 4.73 Å². The summed E-state index contributed by atoms with van der Waals surface area (Å²) in [5.74, 6) is 0. The van der Waals surface area contributed by atoms with E-state index in [2.05, 4.69) is 10.9 Å². The fraction of sp³-hybridized carbons (Fsp3) is 0.286. The number of rotatable bonds is 3. The number of pyridine rings is 1. The van der Waals surface area contributed by atoms with Gasteiger partial charge in [0.2, 0.25) is 0 Å². The van der Waals surface area contributed by atoms with Gasteiger partial charge >= 0.3 is 0 Å². The van der Waals surface area contributed by atoms with E-state index in [1.165, 1.54) is 18.3 Å². The minimum atomic E-state index is -0.610. The quantitative estimate of drug-likeness (QED) is 0.619. The van der Waals surface area contributed by atoms with Gasteiger partial charge in [-0.1, -0.05) is 0 Å². The molecule has 0 atom stereocenters. The lowest BCUT2D eigenvalue weighted by Gasteiger charge is -2.03. The summed E-state index contributed by atoms with van der Waals surface area (Å²) in [5, 5.41) is 0. The summed E-state index contributed by atoms with van der Waals surface area (Å²) >= 11 is 0. The van der Waals surface area contributed by atoms with Crippen molar-refractivity contribution in [2.75, 3.05) is 13.3 Å². The molecule has 1 aromatic heterocycles. The molecule has 59 valence electrons. The number of hydrogen-bond donors (Lipinski definition) is 0. The molecule has 0 saturated heterocycles. The lowest BCUT2D eigenvalue weighted by Crippen LogP contribution is -2.26. The lowest BCUT2D eigenvalue weighted by atomic mass is 10.5. The molecule has 0 aromatic carbocycles. The SMILES string of the molecule is O=c1cc[c]cn1OCCF. The second-order valence-electron chi connectivity index (χ2n) is 1.82. The third kappa shape index (κ3) is 2.07. The zero-order valence-corrected chi connectivity index (χ0v) is 5.79. The van der Waals surface area contributed by atoms with Crippen LogP contribution in [-0.4, -0.2) is 18.0 Å². The first-order valence-electron chi connectivity index (χ1n) is 3.12. The fourth-order valence-corrected chi connectivity index (χ4v) is 0.601. The number of halogens is 1. The van der Waals surface area contributed by atoms with Gasteiger partial charge in [0.1, 0.15) is 13.3 Å². The van der Waals surface area contributed by atoms with E-state index in [-0.39, 0.29) is 12.2 Å². The smallest absolute Gasteiger partial charge is 0.282 e. The van der Waals surface area contributed by atoms with Crippen LogP contribution < -0.4 is 10.4 Å². The summed E-state index contributed by atoms with van der Waals surface area (Å²) in [6.07, 6.45) is 1.32. The van der Waals surface area contributed by atoms with Crippen molar-refractivity contribution in [3.8, 4) is 0 Å². The van der Waals surface area contributed by atoms with E-state index in [4.69, 9.17) is 0 Å². The average molecular weight is 156 g/mol. The Labute approximate surface area is 63.0 Å². The van der Waals surface area contributed by atoms with Crippen LogP contribution in [0.15, 0.2) is 23.1 Å². The van der Waals surface area contributed by atoms with E-state index >= 15 is 0 Å². The zero-order chi connectivity index (χ0) is 8.10. The highest BCUT2D eigenvalue weighted by molar-refractivity contribution is 4.89. The van der Waals surface area contributed by atoms with Gasteiger partial charge in [-0.25, -0.2) is 4.39 Å². The molecular formula is C7H7FNO2. The predicted octanol–water partition coefficient (Wildman–Crippen LogP) is 0.0466. The van der Waals surface area contributed by atoms with E-state index in [9.17, 15) is 9.18 Å². The van der Waals surface area contributed by atoms with E-state index in [1.807, 2.05) is 0 Å². The monoisotopic (exact) mass is 156 g/mol. The standard InChI is InChI=1S/C7H7FNO2/c8-4-6-11-9-5-2-1-3-7(9)10/h1,3,5H,4,6H2. The maximum atomic E-state index is 11.6. The summed E-state index contributed by atoms with van der Waals surface area (Å²) in [5.41, 5.74) is -0.322. The molecule has 0 bridgehead atoms. The van der Waals surface area contributed by atoms with Crippen LogP contribution in [0.25, 0.3) is 0 Å². The van der Waals surface area contributed by atoms with Gasteiger partial charge < -0.3 is 4.84 Å². The number of nitrogens with zero attached hydrogens (tertiary/aromatic N) is 1. The second kappa shape index (κ2) is 3.75. The van der Waals surface area contributed by atoms with Crippen molar-refractivity contribution in [2.24, 2.45) is 0 Å². The Morgan fingerprint density at radius 3 is 3.18 bits per heavy atom. The van der Waals surface area contributed by atoms with Crippen LogP contribution >= 0.6 is 0 Å². The molecule has 1 radical (unpaired) electrons. The van der Waals surface area contributed by atoms with Gasteiger partial charge in [-0.15, -0.1) is 0 Å². The largest absolute Gasteiger partial charge is 0.408 e. The molecule has 4 heteroatoms. The summed E-state index contributed by atoms with van der Waals surface area (Å²) < 4.78 is 12.5. The van der Waals surface area contributed by atoms with Crippen molar-refractivity contribution in [2.45, 2.75) is 0 Å². The Morgan fingerprint density at radius 2 is 2.55 bits per heavy atom. The minimum absolute atomic E-state index is 0.113. The molecule has 1 heterocycles. The first-order chi connectivity index (χ1) is 5.34. The number of hydrogen-bond acceptors (Lipinski definition) is 2. The van der Waals surface area contributed by atoms with Crippen molar-refractivity contribution < 1.29 is 9.23 Å². The molecule has 0 saturated carbocycles. The van der Waals surface area contributed by atoms with Crippen LogP contribution in [0.2, 0.25) is 0 Å². The molecule has 0 aliphatic heterocycles. The normalized spacial score (nSPS) is 9.55. The Morgan fingerprint density at radius 1 is 1.73 bits per heavy atom. The third-order valence-electron chi connectivity index (χ3n) is 1.04. The van der Waals surface area contributed by atoms with Crippen LogP contribution in [0.3, 0.4) is 0 Å². The summed E-state index contributed by atoms with van der Waals surface area (Å²) in [7, 11) is 0. The Kier molecular flexibility index (Phi) is 2.66. The fourth-order valence-electron chi connectivity index (χ4n) is 0.601. The highest BCUT2D eigenvalue weighted by Gasteiger charge is 1.91. The van der Waals surface area contributed by atoms with Crippen molar-refractivity contribution in [1.82, 2.24) is 4.73 Å². The molecule has 0 aliphatic carbocycles. The highest BCUT2D eigenvalue weighted by Crippen LogP contribution is 1.76. The van der Waals surface area contributed by atoms with Gasteiger partial charge in [0.15, 0.2) is 0 Å². The summed E-state index contributed by atoms with van der Waals surface area (Å²) in [4.78, 5) is 15.5. The van der Waals surface area contributed by atoms with Crippen molar-refractivity contribution in [3.63, 3.8) is 0 Å². The van der Waals surface area contributed by atoms with Crippen molar-refractivity contribution >= 4 is 0 Å². The first kappa shape index (κ1) is 7.78. The lowest BCUT2D eigenvalue weighted by molar-refractivity contribution is 0.0898. The van der Waals surface area contributed by atoms with Gasteiger partial charge in [0, 0.05) is 12.1 Å². The zero-order valence-electron chi connectivity index (χ0n) is 5.79. The minimum Gasteiger partial charge on any atom is -0.408 e. The predicted molar refractivity (Wildman–Crippen MR) is 37.0 cm³/mol. The van der Waals surface area contributed by atoms with Crippen molar-refractivity contribution in [3.05, 3.63) is 34.7 Å². The average Bonchev–Trinajstić information content (AvgIpc) is 2.03. The van der Waals surface area contributed by atoms with Crippen LogP contribution in [0, 0.1) is 6.07 Å². The Bertz CT molecular complexity index is 271. The van der Waals surface area contributed by atoms with Gasteiger partial charge in [0.25, 0.3) is 5.56 Å². The molecular weight excluding hydrogens is 149 g/mol.